The largest absolute Gasteiger partial charge is 0.477 e. The van der Waals surface area contributed by atoms with E-state index in [4.69, 9.17) is 9.84 Å². The summed E-state index contributed by atoms with van der Waals surface area (Å²) < 4.78 is 6.28. The highest BCUT2D eigenvalue weighted by Gasteiger charge is 2.15. The van der Waals surface area contributed by atoms with Gasteiger partial charge in [-0.25, -0.2) is 14.6 Å². The van der Waals surface area contributed by atoms with E-state index < -0.39 is 11.9 Å². The van der Waals surface area contributed by atoms with E-state index in [2.05, 4.69) is 4.98 Å². The number of fused-ring (bicyclic) bond motifs is 1. The van der Waals surface area contributed by atoms with Crippen LogP contribution >= 0.6 is 11.3 Å². The van der Waals surface area contributed by atoms with Gasteiger partial charge in [-0.2, -0.15) is 0 Å². The van der Waals surface area contributed by atoms with Crippen LogP contribution < -0.4 is 0 Å². The highest BCUT2D eigenvalue weighted by Crippen LogP contribution is 2.18. The Kier molecular flexibility index (Phi) is 2.61. The average molecular weight is 240 g/mol. The molecule has 1 N–H and O–H groups in total. The quantitative estimate of drug-likeness (QED) is 0.817. The maximum absolute atomic E-state index is 11.3. The van der Waals surface area contributed by atoms with Gasteiger partial charge in [0.1, 0.15) is 4.88 Å². The van der Waals surface area contributed by atoms with Crippen molar-refractivity contribution in [1.29, 1.82) is 0 Å². The zero-order valence-corrected chi connectivity index (χ0v) is 9.15. The lowest BCUT2D eigenvalue weighted by Gasteiger charge is -1.95. The molecule has 0 fully saturated rings. The Bertz CT molecular complexity index is 525. The van der Waals surface area contributed by atoms with Crippen LogP contribution in [0.3, 0.4) is 0 Å². The summed E-state index contributed by atoms with van der Waals surface area (Å²) in [5.74, 6) is -1.51. The van der Waals surface area contributed by atoms with E-state index in [0.717, 1.165) is 11.3 Å². The number of esters is 1. The monoisotopic (exact) mass is 240 g/mol. The van der Waals surface area contributed by atoms with Crippen molar-refractivity contribution in [3.8, 4) is 0 Å². The van der Waals surface area contributed by atoms with Crippen molar-refractivity contribution in [2.24, 2.45) is 0 Å². The molecule has 0 aliphatic carbocycles. The number of hydrogen-bond acceptors (Lipinski definition) is 5. The molecule has 2 aromatic rings. The van der Waals surface area contributed by atoms with Gasteiger partial charge in [0.05, 0.1) is 6.61 Å². The van der Waals surface area contributed by atoms with Crippen LogP contribution in [0.1, 0.15) is 27.1 Å². The molecule has 0 amide bonds. The van der Waals surface area contributed by atoms with Crippen molar-refractivity contribution in [2.45, 2.75) is 6.92 Å². The first kappa shape index (κ1) is 10.6. The van der Waals surface area contributed by atoms with Crippen LogP contribution in [0.2, 0.25) is 0 Å². The maximum atomic E-state index is 11.3. The number of hydrogen-bond donors (Lipinski definition) is 1. The molecule has 7 heteroatoms. The Balaban J connectivity index is 2.35. The number of thiazole rings is 1. The van der Waals surface area contributed by atoms with Gasteiger partial charge in [0.2, 0.25) is 0 Å². The van der Waals surface area contributed by atoms with E-state index >= 15 is 0 Å². The molecule has 0 aliphatic heterocycles. The molecule has 0 radical (unpaired) electrons. The first-order valence-corrected chi connectivity index (χ1v) is 5.32. The molecule has 84 valence electrons. The minimum absolute atomic E-state index is 0.179. The zero-order chi connectivity index (χ0) is 11.7. The summed E-state index contributed by atoms with van der Waals surface area (Å²) >= 11 is 1.01. The van der Waals surface area contributed by atoms with Crippen molar-refractivity contribution >= 4 is 28.2 Å². The predicted molar refractivity (Wildman–Crippen MR) is 56.0 cm³/mol. The van der Waals surface area contributed by atoms with Crippen LogP contribution in [-0.4, -0.2) is 33.0 Å². The number of carbonyl (C=O) groups excluding carboxylic acids is 1. The molecule has 0 saturated carbocycles. The number of aromatic carboxylic acids is 1. The van der Waals surface area contributed by atoms with Gasteiger partial charge in [0.15, 0.2) is 10.7 Å². The normalized spacial score (nSPS) is 10.6. The fourth-order valence-electron chi connectivity index (χ4n) is 1.20. The molecule has 0 atom stereocenters. The number of nitrogens with zero attached hydrogens (tertiary/aromatic N) is 2. The van der Waals surface area contributed by atoms with Crippen LogP contribution in [0.25, 0.3) is 4.96 Å². The van der Waals surface area contributed by atoms with Gasteiger partial charge in [-0.3, -0.25) is 4.40 Å². The number of carboxylic acid groups (broad SMARTS) is 1. The van der Waals surface area contributed by atoms with E-state index in [9.17, 15) is 9.59 Å². The number of ether oxygens (including phenoxy) is 1. The molecule has 0 bridgehead atoms. The molecule has 0 unspecified atom stereocenters. The third-order valence-corrected chi connectivity index (χ3v) is 2.84. The first-order valence-electron chi connectivity index (χ1n) is 4.50. The Labute approximate surface area is 94.1 Å². The van der Waals surface area contributed by atoms with Crippen LogP contribution in [0, 0.1) is 0 Å². The fourth-order valence-corrected chi connectivity index (χ4v) is 2.00. The summed E-state index contributed by atoms with van der Waals surface area (Å²) in [6.45, 7) is 1.99. The van der Waals surface area contributed by atoms with Crippen molar-refractivity contribution in [3.63, 3.8) is 0 Å². The molecular weight excluding hydrogens is 232 g/mol. The zero-order valence-electron chi connectivity index (χ0n) is 8.34. The Hall–Kier alpha value is -1.89. The van der Waals surface area contributed by atoms with E-state index in [-0.39, 0.29) is 17.2 Å². The lowest BCUT2D eigenvalue weighted by atomic mass is 10.5. The minimum Gasteiger partial charge on any atom is -0.477 e. The van der Waals surface area contributed by atoms with Gasteiger partial charge in [-0.1, -0.05) is 11.3 Å². The Morgan fingerprint density at radius 1 is 1.56 bits per heavy atom. The smallest absolute Gasteiger partial charge is 0.358 e. The second-order valence-corrected chi connectivity index (χ2v) is 3.95. The molecular formula is C9H8N2O4S. The van der Waals surface area contributed by atoms with Crippen LogP contribution in [0.5, 0.6) is 0 Å². The summed E-state index contributed by atoms with van der Waals surface area (Å²) in [5.41, 5.74) is 0.185. The molecule has 6 nitrogen and oxygen atoms in total. The molecule has 2 heterocycles. The van der Waals surface area contributed by atoms with Gasteiger partial charge < -0.3 is 9.84 Å². The Morgan fingerprint density at radius 2 is 2.31 bits per heavy atom. The highest BCUT2D eigenvalue weighted by atomic mass is 32.1. The third-order valence-electron chi connectivity index (χ3n) is 1.85. The number of aromatic nitrogens is 2. The Morgan fingerprint density at radius 3 is 2.88 bits per heavy atom. The van der Waals surface area contributed by atoms with E-state index in [1.54, 1.807) is 6.92 Å². The van der Waals surface area contributed by atoms with Crippen molar-refractivity contribution < 1.29 is 19.4 Å². The van der Waals surface area contributed by atoms with Crippen molar-refractivity contribution in [1.82, 2.24) is 9.38 Å². The lowest BCUT2D eigenvalue weighted by molar-refractivity contribution is 0.0520. The molecule has 2 rings (SSSR count). The van der Waals surface area contributed by atoms with E-state index in [1.165, 1.54) is 16.8 Å². The first-order chi connectivity index (χ1) is 7.61. The average Bonchev–Trinajstić information content (AvgIpc) is 2.73. The molecule has 2 aromatic heterocycles. The standard InChI is InChI=1S/C9H8N2O4S/c1-2-15-8(14)5-3-11-4-6(7(12)13)16-9(11)10-5/h3-4H,2H2,1H3,(H,12,13). The van der Waals surface area contributed by atoms with Crippen molar-refractivity contribution in [2.75, 3.05) is 6.61 Å². The molecule has 16 heavy (non-hydrogen) atoms. The number of imidazole rings is 1. The summed E-state index contributed by atoms with van der Waals surface area (Å²) in [4.78, 5) is 26.6. The molecule has 0 spiro atoms. The molecule has 0 aromatic carbocycles. The topological polar surface area (TPSA) is 80.9 Å². The molecule has 0 saturated heterocycles. The summed E-state index contributed by atoms with van der Waals surface area (Å²) in [5, 5.41) is 8.74. The number of carboxylic acids is 1. The van der Waals surface area contributed by atoms with E-state index in [1.807, 2.05) is 0 Å². The minimum atomic E-state index is -1.01. The lowest BCUT2D eigenvalue weighted by Crippen LogP contribution is -2.04. The van der Waals surface area contributed by atoms with Gasteiger partial charge in [0, 0.05) is 12.4 Å². The van der Waals surface area contributed by atoms with Gasteiger partial charge in [-0.15, -0.1) is 0 Å². The number of carbonyl (C=O) groups is 2. The number of rotatable bonds is 3. The predicted octanol–water partition coefficient (Wildman–Crippen LogP) is 1.27. The van der Waals surface area contributed by atoms with Crippen LogP contribution in [0.15, 0.2) is 12.4 Å². The van der Waals surface area contributed by atoms with E-state index in [0.29, 0.717) is 4.96 Å². The summed E-state index contributed by atoms with van der Waals surface area (Å²) in [6.07, 6.45) is 2.87. The van der Waals surface area contributed by atoms with Gasteiger partial charge in [0.25, 0.3) is 0 Å². The molecule has 0 aliphatic rings. The van der Waals surface area contributed by atoms with Crippen LogP contribution in [0.4, 0.5) is 0 Å². The second kappa shape index (κ2) is 3.93. The van der Waals surface area contributed by atoms with Crippen LogP contribution in [-0.2, 0) is 4.74 Å². The second-order valence-electron chi connectivity index (χ2n) is 2.94. The van der Waals surface area contributed by atoms with Gasteiger partial charge >= 0.3 is 11.9 Å². The summed E-state index contributed by atoms with van der Waals surface area (Å²) in [6, 6.07) is 0. The van der Waals surface area contributed by atoms with Crippen molar-refractivity contribution in [3.05, 3.63) is 23.0 Å². The summed E-state index contributed by atoms with van der Waals surface area (Å²) in [7, 11) is 0. The highest BCUT2D eigenvalue weighted by molar-refractivity contribution is 7.18. The van der Waals surface area contributed by atoms with Gasteiger partial charge in [-0.05, 0) is 6.92 Å². The SMILES string of the molecule is CCOC(=O)c1cn2cc(C(=O)O)sc2n1. The fraction of sp³-hybridized carbons (Fsp3) is 0.222. The third kappa shape index (κ3) is 1.76. The maximum Gasteiger partial charge on any atom is 0.358 e.